The van der Waals surface area contributed by atoms with Gasteiger partial charge in [-0.1, -0.05) is 15.9 Å². The molecule has 1 aliphatic rings. The van der Waals surface area contributed by atoms with E-state index in [4.69, 9.17) is 4.74 Å². The normalized spacial score (nSPS) is 16.1. The van der Waals surface area contributed by atoms with E-state index in [9.17, 15) is 9.18 Å². The molecule has 0 aliphatic carbocycles. The monoisotopic (exact) mass is 301 g/mol. The summed E-state index contributed by atoms with van der Waals surface area (Å²) in [7, 11) is 0. The van der Waals surface area contributed by atoms with Crippen LogP contribution in [0.2, 0.25) is 0 Å². The average Bonchev–Trinajstić information content (AvgIpc) is 2.28. The van der Waals surface area contributed by atoms with Crippen LogP contribution in [-0.2, 0) is 4.74 Å². The van der Waals surface area contributed by atoms with Gasteiger partial charge in [0.25, 0.3) is 5.91 Å². The van der Waals surface area contributed by atoms with E-state index in [0.717, 1.165) is 0 Å². The second-order valence-electron chi connectivity index (χ2n) is 3.98. The number of hydrogen-bond donors (Lipinski definition) is 0. The van der Waals surface area contributed by atoms with E-state index < -0.39 is 5.82 Å². The standard InChI is InChI=1S/C12H13BrFNO2/c1-8-6-9(13)7-10(14)11(8)12(16)15-2-4-17-5-3-15/h6-7H,2-5H2,1H3. The number of ether oxygens (including phenoxy) is 1. The summed E-state index contributed by atoms with van der Waals surface area (Å²) in [5.41, 5.74) is 0.809. The first kappa shape index (κ1) is 12.5. The summed E-state index contributed by atoms with van der Waals surface area (Å²) >= 11 is 3.21. The van der Waals surface area contributed by atoms with Crippen molar-refractivity contribution < 1.29 is 13.9 Å². The van der Waals surface area contributed by atoms with Crippen molar-refractivity contribution >= 4 is 21.8 Å². The molecule has 0 atom stereocenters. The number of morpholine rings is 1. The molecule has 2 rings (SSSR count). The molecule has 1 heterocycles. The Bertz CT molecular complexity index is 421. The number of aryl methyl sites for hydroxylation is 1. The number of carbonyl (C=O) groups excluding carboxylic acids is 1. The van der Waals surface area contributed by atoms with Gasteiger partial charge in [0, 0.05) is 17.6 Å². The molecule has 0 aromatic heterocycles. The Hall–Kier alpha value is -0.940. The Morgan fingerprint density at radius 3 is 2.65 bits per heavy atom. The molecule has 92 valence electrons. The average molecular weight is 302 g/mol. The molecular formula is C12H13BrFNO2. The van der Waals surface area contributed by atoms with Crippen molar-refractivity contribution in [3.05, 3.63) is 33.5 Å². The molecule has 0 saturated carbocycles. The van der Waals surface area contributed by atoms with E-state index in [1.807, 2.05) is 0 Å². The van der Waals surface area contributed by atoms with Crippen molar-refractivity contribution in [2.45, 2.75) is 6.92 Å². The molecule has 1 fully saturated rings. The molecule has 1 aliphatic heterocycles. The fraction of sp³-hybridized carbons (Fsp3) is 0.417. The number of amides is 1. The molecule has 0 N–H and O–H groups in total. The van der Waals surface area contributed by atoms with Crippen LogP contribution in [0.25, 0.3) is 0 Å². The molecule has 0 unspecified atom stereocenters. The largest absolute Gasteiger partial charge is 0.378 e. The number of carbonyl (C=O) groups is 1. The Balaban J connectivity index is 2.30. The lowest BCUT2D eigenvalue weighted by Crippen LogP contribution is -2.41. The molecule has 1 aromatic carbocycles. The van der Waals surface area contributed by atoms with Crippen LogP contribution in [0.1, 0.15) is 15.9 Å². The predicted octanol–water partition coefficient (Wildman–Crippen LogP) is 2.37. The van der Waals surface area contributed by atoms with E-state index in [2.05, 4.69) is 15.9 Å². The van der Waals surface area contributed by atoms with E-state index in [0.29, 0.717) is 36.3 Å². The van der Waals surface area contributed by atoms with Crippen LogP contribution in [0.4, 0.5) is 4.39 Å². The molecule has 3 nitrogen and oxygen atoms in total. The molecule has 5 heteroatoms. The minimum atomic E-state index is -0.478. The minimum Gasteiger partial charge on any atom is -0.378 e. The lowest BCUT2D eigenvalue weighted by atomic mass is 10.1. The highest BCUT2D eigenvalue weighted by molar-refractivity contribution is 9.10. The van der Waals surface area contributed by atoms with E-state index in [1.54, 1.807) is 17.9 Å². The highest BCUT2D eigenvalue weighted by Crippen LogP contribution is 2.21. The van der Waals surface area contributed by atoms with E-state index in [-0.39, 0.29) is 11.5 Å². The molecule has 1 aromatic rings. The topological polar surface area (TPSA) is 29.5 Å². The van der Waals surface area contributed by atoms with Crippen LogP contribution < -0.4 is 0 Å². The van der Waals surface area contributed by atoms with Gasteiger partial charge >= 0.3 is 0 Å². The second kappa shape index (κ2) is 5.14. The Labute approximate surface area is 108 Å². The summed E-state index contributed by atoms with van der Waals surface area (Å²) in [6, 6.07) is 3.07. The van der Waals surface area contributed by atoms with Crippen molar-refractivity contribution in [2.24, 2.45) is 0 Å². The van der Waals surface area contributed by atoms with E-state index in [1.165, 1.54) is 6.07 Å². The van der Waals surface area contributed by atoms with Gasteiger partial charge in [0.2, 0.25) is 0 Å². The van der Waals surface area contributed by atoms with Gasteiger partial charge in [-0.2, -0.15) is 0 Å². The molecule has 1 saturated heterocycles. The van der Waals surface area contributed by atoms with Gasteiger partial charge in [-0.05, 0) is 24.6 Å². The zero-order chi connectivity index (χ0) is 12.4. The zero-order valence-corrected chi connectivity index (χ0v) is 11.1. The molecular weight excluding hydrogens is 289 g/mol. The van der Waals surface area contributed by atoms with Gasteiger partial charge in [0.1, 0.15) is 5.82 Å². The lowest BCUT2D eigenvalue weighted by molar-refractivity contribution is 0.0299. The maximum atomic E-state index is 13.8. The third-order valence-corrected chi connectivity index (χ3v) is 3.22. The summed E-state index contributed by atoms with van der Waals surface area (Å²) in [5, 5.41) is 0. The molecule has 0 radical (unpaired) electrons. The van der Waals surface area contributed by atoms with Crippen molar-refractivity contribution in [2.75, 3.05) is 26.3 Å². The third-order valence-electron chi connectivity index (χ3n) is 2.76. The minimum absolute atomic E-state index is 0.162. The third kappa shape index (κ3) is 2.66. The maximum Gasteiger partial charge on any atom is 0.257 e. The lowest BCUT2D eigenvalue weighted by Gasteiger charge is -2.27. The SMILES string of the molecule is Cc1cc(Br)cc(F)c1C(=O)N1CCOCC1. The maximum absolute atomic E-state index is 13.8. The van der Waals surface area contributed by atoms with Crippen LogP contribution in [0.3, 0.4) is 0 Å². The van der Waals surface area contributed by atoms with Crippen LogP contribution in [0, 0.1) is 12.7 Å². The molecule has 1 amide bonds. The first-order chi connectivity index (χ1) is 8.09. The summed E-state index contributed by atoms with van der Waals surface area (Å²) in [5.74, 6) is -0.732. The van der Waals surface area contributed by atoms with Crippen molar-refractivity contribution in [1.29, 1.82) is 0 Å². The molecule has 17 heavy (non-hydrogen) atoms. The number of halogens is 2. The first-order valence-electron chi connectivity index (χ1n) is 5.42. The smallest absolute Gasteiger partial charge is 0.257 e. The van der Waals surface area contributed by atoms with Crippen LogP contribution >= 0.6 is 15.9 Å². The van der Waals surface area contributed by atoms with Crippen LogP contribution in [0.5, 0.6) is 0 Å². The predicted molar refractivity (Wildman–Crippen MR) is 65.6 cm³/mol. The van der Waals surface area contributed by atoms with Gasteiger partial charge in [0.05, 0.1) is 18.8 Å². The summed E-state index contributed by atoms with van der Waals surface area (Å²) in [6.45, 7) is 3.81. The number of hydrogen-bond acceptors (Lipinski definition) is 2. The number of nitrogens with zero attached hydrogens (tertiary/aromatic N) is 1. The van der Waals surface area contributed by atoms with Gasteiger partial charge in [0.15, 0.2) is 0 Å². The Morgan fingerprint density at radius 2 is 2.06 bits per heavy atom. The quantitative estimate of drug-likeness (QED) is 0.797. The molecule has 0 spiro atoms. The fourth-order valence-electron chi connectivity index (χ4n) is 1.90. The Kier molecular flexibility index (Phi) is 3.79. The van der Waals surface area contributed by atoms with Crippen LogP contribution in [-0.4, -0.2) is 37.1 Å². The fourth-order valence-corrected chi connectivity index (χ4v) is 2.44. The zero-order valence-electron chi connectivity index (χ0n) is 9.50. The first-order valence-corrected chi connectivity index (χ1v) is 6.21. The van der Waals surface area contributed by atoms with E-state index >= 15 is 0 Å². The summed E-state index contributed by atoms with van der Waals surface area (Å²) in [6.07, 6.45) is 0. The van der Waals surface area contributed by atoms with Crippen molar-refractivity contribution in [1.82, 2.24) is 4.90 Å². The number of benzene rings is 1. The second-order valence-corrected chi connectivity index (χ2v) is 4.90. The number of rotatable bonds is 1. The highest BCUT2D eigenvalue weighted by atomic mass is 79.9. The highest BCUT2D eigenvalue weighted by Gasteiger charge is 2.23. The van der Waals surface area contributed by atoms with Gasteiger partial charge in [-0.3, -0.25) is 4.79 Å². The van der Waals surface area contributed by atoms with Gasteiger partial charge in [-0.15, -0.1) is 0 Å². The Morgan fingerprint density at radius 1 is 1.41 bits per heavy atom. The van der Waals surface area contributed by atoms with Gasteiger partial charge in [-0.25, -0.2) is 4.39 Å². The summed E-state index contributed by atoms with van der Waals surface area (Å²) < 4.78 is 19.6. The van der Waals surface area contributed by atoms with Gasteiger partial charge < -0.3 is 9.64 Å². The van der Waals surface area contributed by atoms with Crippen molar-refractivity contribution in [3.63, 3.8) is 0 Å². The van der Waals surface area contributed by atoms with Crippen LogP contribution in [0.15, 0.2) is 16.6 Å². The van der Waals surface area contributed by atoms with Crippen molar-refractivity contribution in [3.8, 4) is 0 Å². The molecule has 0 bridgehead atoms. The summed E-state index contributed by atoms with van der Waals surface area (Å²) in [4.78, 5) is 13.8.